The third kappa shape index (κ3) is 5.54. The topological polar surface area (TPSA) is 95.6 Å². The van der Waals surface area contributed by atoms with Gasteiger partial charge in [0, 0.05) is 29.7 Å². The maximum atomic E-state index is 13.1. The Morgan fingerprint density at radius 3 is 2.34 bits per heavy atom. The van der Waals surface area contributed by atoms with Crippen molar-refractivity contribution in [3.05, 3.63) is 77.9 Å². The number of amides is 3. The number of rotatable bonds is 5. The van der Waals surface area contributed by atoms with Gasteiger partial charge in [0.25, 0.3) is 0 Å². The summed E-state index contributed by atoms with van der Waals surface area (Å²) in [6.45, 7) is 4.35. The molecule has 35 heavy (non-hydrogen) atoms. The monoisotopic (exact) mass is 491 g/mol. The minimum absolute atomic E-state index is 0.242. The van der Waals surface area contributed by atoms with E-state index in [0.717, 1.165) is 23.1 Å². The average Bonchev–Trinajstić information content (AvgIpc) is 3.32. The first-order chi connectivity index (χ1) is 16.6. The summed E-state index contributed by atoms with van der Waals surface area (Å²) in [4.78, 5) is 27.8. The maximum absolute atomic E-state index is 13.1. The van der Waals surface area contributed by atoms with Crippen LogP contribution >= 0.6 is 0 Å². The van der Waals surface area contributed by atoms with Gasteiger partial charge in [-0.2, -0.15) is 0 Å². The van der Waals surface area contributed by atoms with Gasteiger partial charge >= 0.3 is 6.03 Å². The zero-order valence-corrected chi connectivity index (χ0v) is 20.9. The van der Waals surface area contributed by atoms with E-state index in [2.05, 4.69) is 10.6 Å². The predicted octanol–water partition coefficient (Wildman–Crippen LogP) is 5.01. The van der Waals surface area contributed by atoms with Gasteiger partial charge in [-0.05, 0) is 68.1 Å². The minimum atomic E-state index is -3.39. The van der Waals surface area contributed by atoms with Crippen LogP contribution in [-0.2, 0) is 14.6 Å². The van der Waals surface area contributed by atoms with E-state index in [1.165, 1.54) is 6.26 Å². The van der Waals surface area contributed by atoms with Crippen molar-refractivity contribution < 1.29 is 18.0 Å². The van der Waals surface area contributed by atoms with Crippen molar-refractivity contribution in [2.75, 3.05) is 23.4 Å². The van der Waals surface area contributed by atoms with Gasteiger partial charge in [0.15, 0.2) is 9.84 Å². The molecular formula is C27H29N3O4S. The van der Waals surface area contributed by atoms with Gasteiger partial charge in [0.2, 0.25) is 5.91 Å². The molecule has 8 heteroatoms. The zero-order chi connectivity index (χ0) is 25.2. The molecule has 3 aromatic rings. The van der Waals surface area contributed by atoms with E-state index in [1.54, 1.807) is 41.3 Å². The van der Waals surface area contributed by atoms with Crippen LogP contribution in [0.25, 0.3) is 11.1 Å². The van der Waals surface area contributed by atoms with Crippen molar-refractivity contribution in [3.63, 3.8) is 0 Å². The number of aryl methyl sites for hydroxylation is 2. The molecule has 1 atom stereocenters. The van der Waals surface area contributed by atoms with E-state index < -0.39 is 15.9 Å². The van der Waals surface area contributed by atoms with Gasteiger partial charge in [-0.1, -0.05) is 42.0 Å². The van der Waals surface area contributed by atoms with Crippen LogP contribution in [0.3, 0.4) is 0 Å². The van der Waals surface area contributed by atoms with E-state index in [9.17, 15) is 18.0 Å². The molecule has 0 radical (unpaired) electrons. The lowest BCUT2D eigenvalue weighted by Crippen LogP contribution is -2.45. The van der Waals surface area contributed by atoms with Crippen LogP contribution in [0.4, 0.5) is 16.2 Å². The second-order valence-corrected chi connectivity index (χ2v) is 10.9. The van der Waals surface area contributed by atoms with E-state index in [1.807, 2.05) is 44.2 Å². The fourth-order valence-corrected chi connectivity index (χ4v) is 5.24. The molecule has 0 saturated carbocycles. The van der Waals surface area contributed by atoms with Gasteiger partial charge in [0.1, 0.15) is 6.04 Å². The average molecular weight is 492 g/mol. The summed E-state index contributed by atoms with van der Waals surface area (Å²) in [6.07, 6.45) is 2.53. The van der Waals surface area contributed by atoms with E-state index in [-0.39, 0.29) is 16.8 Å². The molecule has 0 aliphatic carbocycles. The van der Waals surface area contributed by atoms with Gasteiger partial charge in [-0.3, -0.25) is 4.79 Å². The molecule has 1 aliphatic heterocycles. The van der Waals surface area contributed by atoms with Crippen molar-refractivity contribution in [2.24, 2.45) is 0 Å². The lowest BCUT2D eigenvalue weighted by Gasteiger charge is -2.24. The van der Waals surface area contributed by atoms with Crippen molar-refractivity contribution >= 4 is 33.2 Å². The van der Waals surface area contributed by atoms with Crippen LogP contribution in [0.15, 0.2) is 71.6 Å². The normalized spacial score (nSPS) is 15.6. The smallest absolute Gasteiger partial charge is 0.322 e. The molecule has 182 valence electrons. The minimum Gasteiger partial charge on any atom is -0.324 e. The Morgan fingerprint density at radius 1 is 0.943 bits per heavy atom. The summed E-state index contributed by atoms with van der Waals surface area (Å²) in [7, 11) is -3.39. The summed E-state index contributed by atoms with van der Waals surface area (Å²) in [5.41, 5.74) is 4.58. The number of hydrogen-bond acceptors (Lipinski definition) is 4. The lowest BCUT2D eigenvalue weighted by atomic mass is 10.0. The van der Waals surface area contributed by atoms with Gasteiger partial charge in [-0.25, -0.2) is 13.2 Å². The number of sulfone groups is 1. The number of nitrogens with one attached hydrogen (secondary N) is 2. The van der Waals surface area contributed by atoms with Crippen LogP contribution in [-0.4, -0.2) is 44.1 Å². The largest absolute Gasteiger partial charge is 0.324 e. The van der Waals surface area contributed by atoms with E-state index >= 15 is 0 Å². The van der Waals surface area contributed by atoms with Crippen LogP contribution < -0.4 is 10.6 Å². The van der Waals surface area contributed by atoms with Crippen molar-refractivity contribution in [3.8, 4) is 11.1 Å². The molecule has 0 aromatic heterocycles. The van der Waals surface area contributed by atoms with Crippen molar-refractivity contribution in [1.82, 2.24) is 4.90 Å². The third-order valence-corrected chi connectivity index (χ3v) is 7.36. The Hall–Kier alpha value is -3.65. The lowest BCUT2D eigenvalue weighted by molar-refractivity contribution is -0.119. The number of urea groups is 1. The Morgan fingerprint density at radius 2 is 1.66 bits per heavy atom. The Bertz CT molecular complexity index is 1370. The molecule has 3 amide bonds. The Kier molecular flexibility index (Phi) is 6.93. The van der Waals surface area contributed by atoms with Gasteiger partial charge < -0.3 is 15.5 Å². The summed E-state index contributed by atoms with van der Waals surface area (Å²) in [6, 6.07) is 18.9. The fraction of sp³-hybridized carbons (Fsp3) is 0.259. The quantitative estimate of drug-likeness (QED) is 0.525. The number of carbonyl (C=O) groups excluding carboxylic acids is 2. The molecule has 7 nitrogen and oxygen atoms in total. The highest BCUT2D eigenvalue weighted by Gasteiger charge is 2.34. The molecule has 1 unspecified atom stereocenters. The maximum Gasteiger partial charge on any atom is 0.322 e. The van der Waals surface area contributed by atoms with Gasteiger partial charge in [0.05, 0.1) is 4.90 Å². The molecule has 1 aliphatic rings. The summed E-state index contributed by atoms with van der Waals surface area (Å²) in [5.74, 6) is -0.242. The first-order valence-electron chi connectivity index (χ1n) is 11.5. The first kappa shape index (κ1) is 24.5. The van der Waals surface area contributed by atoms with E-state index in [0.29, 0.717) is 29.9 Å². The highest BCUT2D eigenvalue weighted by Crippen LogP contribution is 2.30. The fourth-order valence-electron chi connectivity index (χ4n) is 4.33. The molecule has 3 aromatic carbocycles. The van der Waals surface area contributed by atoms with Gasteiger partial charge in [-0.15, -0.1) is 0 Å². The number of hydrogen-bond donors (Lipinski definition) is 2. The third-order valence-electron chi connectivity index (χ3n) is 6.20. The standard InChI is InChI=1S/C27H29N3O4S/c1-18-10-13-21(14-11-18)28-27(32)30-16-6-8-24(30)26(31)29-23-15-12-20(17-19(23)2)22-7-4-5-9-25(22)35(3,33)34/h4-5,7,9-15,17,24H,6,8,16H2,1-3H3,(H,28,32)(H,29,31). The highest BCUT2D eigenvalue weighted by atomic mass is 32.2. The molecule has 2 N–H and O–H groups in total. The van der Waals surface area contributed by atoms with Crippen LogP contribution in [0.1, 0.15) is 24.0 Å². The highest BCUT2D eigenvalue weighted by molar-refractivity contribution is 7.90. The number of likely N-dealkylation sites (tertiary alicyclic amines) is 1. The summed E-state index contributed by atoms with van der Waals surface area (Å²) in [5, 5.41) is 5.83. The Balaban J connectivity index is 1.49. The van der Waals surface area contributed by atoms with E-state index in [4.69, 9.17) is 0 Å². The number of carbonyl (C=O) groups is 2. The second-order valence-electron chi connectivity index (χ2n) is 8.93. The predicted molar refractivity (Wildman–Crippen MR) is 138 cm³/mol. The Labute approximate surface area is 206 Å². The molecule has 0 spiro atoms. The molecular weight excluding hydrogens is 462 g/mol. The second kappa shape index (κ2) is 9.92. The van der Waals surface area contributed by atoms with Crippen molar-refractivity contribution in [1.29, 1.82) is 0 Å². The number of benzene rings is 3. The first-order valence-corrected chi connectivity index (χ1v) is 13.4. The molecule has 1 saturated heterocycles. The summed E-state index contributed by atoms with van der Waals surface area (Å²) >= 11 is 0. The molecule has 1 heterocycles. The van der Waals surface area contributed by atoms with Crippen LogP contribution in [0, 0.1) is 13.8 Å². The molecule has 1 fully saturated rings. The summed E-state index contributed by atoms with van der Waals surface area (Å²) < 4.78 is 24.4. The zero-order valence-electron chi connectivity index (χ0n) is 20.0. The van der Waals surface area contributed by atoms with Crippen LogP contribution in [0.5, 0.6) is 0 Å². The SMILES string of the molecule is Cc1ccc(NC(=O)N2CCCC2C(=O)Nc2ccc(-c3ccccc3S(C)(=O)=O)cc2C)cc1. The van der Waals surface area contributed by atoms with Crippen molar-refractivity contribution in [2.45, 2.75) is 37.6 Å². The number of nitrogens with zero attached hydrogens (tertiary/aromatic N) is 1. The van der Waals surface area contributed by atoms with Crippen LogP contribution in [0.2, 0.25) is 0 Å². The molecule has 4 rings (SSSR count). The molecule has 0 bridgehead atoms. The number of anilines is 2.